The summed E-state index contributed by atoms with van der Waals surface area (Å²) in [4.78, 5) is 6.72. The molecule has 1 aliphatic rings. The smallest absolute Gasteiger partial charge is 0.130 e. The molecule has 1 aliphatic heterocycles. The van der Waals surface area contributed by atoms with Gasteiger partial charge in [0.2, 0.25) is 0 Å². The standard InChI is InChI=1S/C13H21N3O/c1-14-13-12(5-2-6-15-13)9-16-7-3-4-11(8-16)10-17/h2,5-6,11,17H,3-4,7-10H2,1H3,(H,14,15). The van der Waals surface area contributed by atoms with Crippen LogP contribution in [0.15, 0.2) is 18.3 Å². The van der Waals surface area contributed by atoms with Gasteiger partial charge < -0.3 is 10.4 Å². The molecule has 1 atom stereocenters. The van der Waals surface area contributed by atoms with Gasteiger partial charge in [0.15, 0.2) is 0 Å². The minimum absolute atomic E-state index is 0.308. The van der Waals surface area contributed by atoms with E-state index in [4.69, 9.17) is 0 Å². The molecule has 0 aliphatic carbocycles. The first-order valence-corrected chi connectivity index (χ1v) is 6.28. The van der Waals surface area contributed by atoms with E-state index < -0.39 is 0 Å². The highest BCUT2D eigenvalue weighted by atomic mass is 16.3. The number of aromatic nitrogens is 1. The number of nitrogens with one attached hydrogen (secondary N) is 1. The maximum Gasteiger partial charge on any atom is 0.130 e. The second-order valence-electron chi connectivity index (χ2n) is 4.69. The number of likely N-dealkylation sites (tertiary alicyclic amines) is 1. The molecule has 4 heteroatoms. The van der Waals surface area contributed by atoms with Gasteiger partial charge in [0.25, 0.3) is 0 Å². The monoisotopic (exact) mass is 235 g/mol. The molecule has 1 saturated heterocycles. The fraction of sp³-hybridized carbons (Fsp3) is 0.615. The summed E-state index contributed by atoms with van der Waals surface area (Å²) in [5.74, 6) is 1.40. The Hall–Kier alpha value is -1.13. The van der Waals surface area contributed by atoms with Crippen molar-refractivity contribution in [3.05, 3.63) is 23.9 Å². The highest BCUT2D eigenvalue weighted by Gasteiger charge is 2.19. The average Bonchev–Trinajstić information content (AvgIpc) is 2.39. The molecule has 94 valence electrons. The molecule has 1 fully saturated rings. The van der Waals surface area contributed by atoms with E-state index >= 15 is 0 Å². The second kappa shape index (κ2) is 5.98. The topological polar surface area (TPSA) is 48.4 Å². The second-order valence-corrected chi connectivity index (χ2v) is 4.69. The van der Waals surface area contributed by atoms with Crippen molar-refractivity contribution in [3.8, 4) is 0 Å². The summed E-state index contributed by atoms with van der Waals surface area (Å²) in [5.41, 5.74) is 1.23. The van der Waals surface area contributed by atoms with Crippen LogP contribution >= 0.6 is 0 Å². The number of hydrogen-bond acceptors (Lipinski definition) is 4. The molecule has 2 heterocycles. The Morgan fingerprint density at radius 3 is 3.24 bits per heavy atom. The van der Waals surface area contributed by atoms with Crippen molar-refractivity contribution < 1.29 is 5.11 Å². The zero-order valence-corrected chi connectivity index (χ0v) is 10.4. The number of pyridine rings is 1. The first-order valence-electron chi connectivity index (χ1n) is 6.28. The molecule has 0 saturated carbocycles. The summed E-state index contributed by atoms with van der Waals surface area (Å²) < 4.78 is 0. The Bertz CT molecular complexity index is 356. The third-order valence-electron chi connectivity index (χ3n) is 3.38. The van der Waals surface area contributed by atoms with E-state index in [1.165, 1.54) is 12.0 Å². The van der Waals surface area contributed by atoms with Crippen molar-refractivity contribution in [2.75, 3.05) is 32.1 Å². The lowest BCUT2D eigenvalue weighted by molar-refractivity contribution is 0.116. The Labute approximate surface area is 103 Å². The molecule has 0 bridgehead atoms. The number of aliphatic hydroxyl groups is 1. The molecule has 4 nitrogen and oxygen atoms in total. The number of rotatable bonds is 4. The van der Waals surface area contributed by atoms with Gasteiger partial charge in [-0.25, -0.2) is 4.98 Å². The van der Waals surface area contributed by atoms with Crippen LogP contribution in [0.5, 0.6) is 0 Å². The maximum atomic E-state index is 9.22. The third kappa shape index (κ3) is 3.17. The Balaban J connectivity index is 2.00. The van der Waals surface area contributed by atoms with Gasteiger partial charge >= 0.3 is 0 Å². The summed E-state index contributed by atoms with van der Waals surface area (Å²) in [7, 11) is 1.90. The van der Waals surface area contributed by atoms with Gasteiger partial charge in [-0.3, -0.25) is 4.90 Å². The fourth-order valence-corrected chi connectivity index (χ4v) is 2.48. The Morgan fingerprint density at radius 1 is 1.59 bits per heavy atom. The quantitative estimate of drug-likeness (QED) is 0.826. The van der Waals surface area contributed by atoms with Gasteiger partial charge in [0, 0.05) is 38.5 Å². The van der Waals surface area contributed by atoms with Gasteiger partial charge in [-0.2, -0.15) is 0 Å². The molecule has 1 unspecified atom stereocenters. The largest absolute Gasteiger partial charge is 0.396 e. The molecule has 17 heavy (non-hydrogen) atoms. The number of hydrogen-bond donors (Lipinski definition) is 2. The van der Waals surface area contributed by atoms with E-state index in [0.29, 0.717) is 12.5 Å². The summed E-state index contributed by atoms with van der Waals surface area (Å²) >= 11 is 0. The van der Waals surface area contributed by atoms with Gasteiger partial charge in [0.05, 0.1) is 0 Å². The fourth-order valence-electron chi connectivity index (χ4n) is 2.48. The van der Waals surface area contributed by atoms with Crippen molar-refractivity contribution in [3.63, 3.8) is 0 Å². The molecule has 0 amide bonds. The SMILES string of the molecule is CNc1ncccc1CN1CCCC(CO)C1. The first-order chi connectivity index (χ1) is 8.33. The van der Waals surface area contributed by atoms with Crippen LogP contribution in [0.1, 0.15) is 18.4 Å². The van der Waals surface area contributed by atoms with Crippen molar-refractivity contribution in [1.82, 2.24) is 9.88 Å². The summed E-state index contributed by atoms with van der Waals surface area (Å²) in [6.45, 7) is 3.34. The summed E-state index contributed by atoms with van der Waals surface area (Å²) in [6.07, 6.45) is 4.14. The lowest BCUT2D eigenvalue weighted by Gasteiger charge is -2.32. The number of aliphatic hydroxyl groups excluding tert-OH is 1. The predicted octanol–water partition coefficient (Wildman–Crippen LogP) is 1.33. The van der Waals surface area contributed by atoms with Crippen LogP contribution in [0.25, 0.3) is 0 Å². The van der Waals surface area contributed by atoms with E-state index in [2.05, 4.69) is 21.3 Å². The van der Waals surface area contributed by atoms with Crippen molar-refractivity contribution >= 4 is 5.82 Å². The van der Waals surface area contributed by atoms with E-state index in [1.807, 2.05) is 19.3 Å². The van der Waals surface area contributed by atoms with Crippen LogP contribution in [-0.2, 0) is 6.54 Å². The zero-order valence-electron chi connectivity index (χ0n) is 10.4. The van der Waals surface area contributed by atoms with Gasteiger partial charge in [-0.15, -0.1) is 0 Å². The molecular formula is C13H21N3O. The highest BCUT2D eigenvalue weighted by Crippen LogP contribution is 2.20. The molecule has 2 N–H and O–H groups in total. The Kier molecular flexibility index (Phi) is 4.34. The summed E-state index contributed by atoms with van der Waals surface area (Å²) in [5, 5.41) is 12.3. The molecule has 1 aromatic rings. The molecule has 1 aromatic heterocycles. The summed E-state index contributed by atoms with van der Waals surface area (Å²) in [6, 6.07) is 4.09. The lowest BCUT2D eigenvalue weighted by atomic mass is 9.98. The van der Waals surface area contributed by atoms with E-state index in [-0.39, 0.29) is 0 Å². The van der Waals surface area contributed by atoms with Gasteiger partial charge in [-0.1, -0.05) is 6.07 Å². The van der Waals surface area contributed by atoms with Crippen LogP contribution in [0.2, 0.25) is 0 Å². The normalized spacial score (nSPS) is 21.4. The molecule has 0 spiro atoms. The van der Waals surface area contributed by atoms with E-state index in [0.717, 1.165) is 31.9 Å². The first kappa shape index (κ1) is 12.3. The van der Waals surface area contributed by atoms with E-state index in [9.17, 15) is 5.11 Å². The zero-order chi connectivity index (χ0) is 12.1. The molecule has 0 aromatic carbocycles. The van der Waals surface area contributed by atoms with Crippen LogP contribution in [-0.4, -0.2) is 41.7 Å². The molecule has 2 rings (SSSR count). The minimum atomic E-state index is 0.308. The number of anilines is 1. The lowest BCUT2D eigenvalue weighted by Crippen LogP contribution is -2.36. The van der Waals surface area contributed by atoms with Crippen LogP contribution in [0.3, 0.4) is 0 Å². The van der Waals surface area contributed by atoms with Crippen molar-refractivity contribution in [2.24, 2.45) is 5.92 Å². The number of nitrogens with zero attached hydrogens (tertiary/aromatic N) is 2. The molecular weight excluding hydrogens is 214 g/mol. The Morgan fingerprint density at radius 2 is 2.47 bits per heavy atom. The van der Waals surface area contributed by atoms with Crippen LogP contribution < -0.4 is 5.32 Å². The van der Waals surface area contributed by atoms with Crippen LogP contribution in [0, 0.1) is 5.92 Å². The maximum absolute atomic E-state index is 9.22. The van der Waals surface area contributed by atoms with Crippen molar-refractivity contribution in [2.45, 2.75) is 19.4 Å². The highest BCUT2D eigenvalue weighted by molar-refractivity contribution is 5.42. The number of piperidine rings is 1. The van der Waals surface area contributed by atoms with Crippen molar-refractivity contribution in [1.29, 1.82) is 0 Å². The molecule has 0 radical (unpaired) electrons. The van der Waals surface area contributed by atoms with Crippen LogP contribution in [0.4, 0.5) is 5.82 Å². The van der Waals surface area contributed by atoms with Gasteiger partial charge in [-0.05, 0) is 31.4 Å². The average molecular weight is 235 g/mol. The minimum Gasteiger partial charge on any atom is -0.396 e. The third-order valence-corrected chi connectivity index (χ3v) is 3.38. The predicted molar refractivity (Wildman–Crippen MR) is 68.9 cm³/mol. The van der Waals surface area contributed by atoms with E-state index in [1.54, 1.807) is 0 Å². The van der Waals surface area contributed by atoms with Gasteiger partial charge in [0.1, 0.15) is 5.82 Å².